The molecule has 10 heteroatoms. The molecular formula is C26H29FN4O4S. The third-order valence-corrected chi connectivity index (χ3v) is 6.42. The summed E-state index contributed by atoms with van der Waals surface area (Å²) in [6, 6.07) is 10.2. The molecule has 1 heterocycles. The molecule has 1 saturated heterocycles. The van der Waals surface area contributed by atoms with Crippen LogP contribution in [0.2, 0.25) is 0 Å². The summed E-state index contributed by atoms with van der Waals surface area (Å²) in [5, 5.41) is 8.79. The molecule has 1 saturated carbocycles. The summed E-state index contributed by atoms with van der Waals surface area (Å²) in [6.07, 6.45) is 4.23. The molecule has 36 heavy (non-hydrogen) atoms. The lowest BCUT2D eigenvalue weighted by molar-refractivity contribution is 0.0927. The lowest BCUT2D eigenvalue weighted by atomic mass is 9.95. The summed E-state index contributed by atoms with van der Waals surface area (Å²) in [6.45, 7) is 2.35. The van der Waals surface area contributed by atoms with Gasteiger partial charge in [0.25, 0.3) is 5.91 Å². The average molecular weight is 513 g/mol. The fourth-order valence-corrected chi connectivity index (χ4v) is 4.46. The van der Waals surface area contributed by atoms with E-state index in [2.05, 4.69) is 16.0 Å². The van der Waals surface area contributed by atoms with Gasteiger partial charge in [-0.25, -0.2) is 9.18 Å². The van der Waals surface area contributed by atoms with Crippen molar-refractivity contribution in [3.05, 3.63) is 64.1 Å². The first-order valence-corrected chi connectivity index (χ1v) is 12.5. The molecule has 4 rings (SSSR count). The molecule has 2 aromatic rings. The first kappa shape index (κ1) is 25.6. The zero-order valence-electron chi connectivity index (χ0n) is 20.0. The van der Waals surface area contributed by atoms with Crippen LogP contribution in [0.4, 0.5) is 26.2 Å². The van der Waals surface area contributed by atoms with Crippen molar-refractivity contribution in [3.8, 4) is 0 Å². The van der Waals surface area contributed by atoms with Gasteiger partial charge in [0, 0.05) is 11.6 Å². The normalized spacial score (nSPS) is 17.9. The van der Waals surface area contributed by atoms with Gasteiger partial charge in [-0.1, -0.05) is 37.5 Å². The maximum absolute atomic E-state index is 15.0. The van der Waals surface area contributed by atoms with Gasteiger partial charge < -0.3 is 20.7 Å². The van der Waals surface area contributed by atoms with Crippen LogP contribution in [0, 0.1) is 5.82 Å². The summed E-state index contributed by atoms with van der Waals surface area (Å²) in [5.41, 5.74) is 0.374. The number of amides is 2. The van der Waals surface area contributed by atoms with Crippen molar-refractivity contribution >= 4 is 46.3 Å². The van der Waals surface area contributed by atoms with Crippen molar-refractivity contribution in [2.45, 2.75) is 51.2 Å². The highest BCUT2D eigenvalue weighted by molar-refractivity contribution is 7.80. The molecule has 0 aromatic heterocycles. The summed E-state index contributed by atoms with van der Waals surface area (Å²) >= 11 is 4.98. The Morgan fingerprint density at radius 1 is 1.11 bits per heavy atom. The number of hydrogen-bond donors (Lipinski definition) is 3. The van der Waals surface area contributed by atoms with Gasteiger partial charge in [0.15, 0.2) is 0 Å². The molecule has 2 fully saturated rings. The minimum atomic E-state index is -0.657. The Kier molecular flexibility index (Phi) is 8.14. The van der Waals surface area contributed by atoms with Crippen LogP contribution in [0.25, 0.3) is 0 Å². The molecule has 2 aliphatic rings. The number of hydrogen-bond acceptors (Lipinski definition) is 6. The van der Waals surface area contributed by atoms with Crippen LogP contribution in [0.3, 0.4) is 0 Å². The molecule has 1 atom stereocenters. The third-order valence-electron chi connectivity index (χ3n) is 6.28. The molecule has 1 aliphatic heterocycles. The summed E-state index contributed by atoms with van der Waals surface area (Å²) < 4.78 is 20.3. The van der Waals surface area contributed by atoms with E-state index in [1.165, 1.54) is 41.7 Å². The van der Waals surface area contributed by atoms with Crippen LogP contribution in [-0.4, -0.2) is 42.2 Å². The van der Waals surface area contributed by atoms with Crippen LogP contribution < -0.4 is 26.3 Å². The molecule has 8 nitrogen and oxygen atoms in total. The molecule has 2 aromatic carbocycles. The number of nitrogens with zero attached hydrogens (tertiary/aromatic N) is 1. The molecular weight excluding hydrogens is 483 g/mol. The lowest BCUT2D eigenvalue weighted by Crippen LogP contribution is -2.36. The smallest absolute Gasteiger partial charge is 0.414 e. The van der Waals surface area contributed by atoms with Gasteiger partial charge in [0.05, 0.1) is 35.1 Å². The average Bonchev–Trinajstić information content (AvgIpc) is 3.12. The predicted molar refractivity (Wildman–Crippen MR) is 141 cm³/mol. The number of benzene rings is 1. The van der Waals surface area contributed by atoms with Gasteiger partial charge in [0.1, 0.15) is 11.9 Å². The van der Waals surface area contributed by atoms with Crippen LogP contribution in [0.15, 0.2) is 47.3 Å². The van der Waals surface area contributed by atoms with E-state index in [9.17, 15) is 14.4 Å². The van der Waals surface area contributed by atoms with Crippen LogP contribution >= 0.6 is 12.2 Å². The second-order valence-electron chi connectivity index (χ2n) is 9.05. The zero-order valence-corrected chi connectivity index (χ0v) is 20.8. The minimum Gasteiger partial charge on any atom is -0.442 e. The molecule has 0 radical (unpaired) electrons. The molecule has 0 bridgehead atoms. The van der Waals surface area contributed by atoms with Crippen molar-refractivity contribution in [2.75, 3.05) is 23.3 Å². The van der Waals surface area contributed by atoms with E-state index < -0.39 is 18.0 Å². The van der Waals surface area contributed by atoms with Crippen LogP contribution in [0.5, 0.6) is 0 Å². The van der Waals surface area contributed by atoms with Gasteiger partial charge in [-0.15, -0.1) is 0 Å². The first-order valence-electron chi connectivity index (χ1n) is 12.0. The summed E-state index contributed by atoms with van der Waals surface area (Å²) in [5.74, 6) is -0.924. The monoisotopic (exact) mass is 512 g/mol. The number of rotatable bonds is 7. The molecule has 3 N–H and O–H groups in total. The molecule has 2 amide bonds. The molecule has 0 unspecified atom stereocenters. The van der Waals surface area contributed by atoms with Crippen LogP contribution in [0.1, 0.15) is 49.4 Å². The zero-order chi connectivity index (χ0) is 25.7. The number of thiocarbonyl (C=S) groups is 1. The van der Waals surface area contributed by atoms with Crippen molar-refractivity contribution in [1.29, 1.82) is 0 Å². The fourth-order valence-electron chi connectivity index (χ4n) is 4.37. The number of nitrogens with one attached hydrogen (secondary N) is 3. The second kappa shape index (κ2) is 11.5. The van der Waals surface area contributed by atoms with Gasteiger partial charge >= 0.3 is 6.09 Å². The Bertz CT molecular complexity index is 1220. The second-order valence-corrected chi connectivity index (χ2v) is 9.67. The number of cyclic esters (lactones) is 1. The number of carbonyl (C=O) groups excluding carboxylic acids is 2. The van der Waals surface area contributed by atoms with E-state index in [0.29, 0.717) is 22.8 Å². The Hall–Kier alpha value is -3.53. The highest BCUT2D eigenvalue weighted by Crippen LogP contribution is 2.27. The van der Waals surface area contributed by atoms with Gasteiger partial charge in [0.2, 0.25) is 5.43 Å². The quantitative estimate of drug-likeness (QED) is 0.477. The number of carbonyl (C=O) groups is 2. The van der Waals surface area contributed by atoms with E-state index in [1.54, 1.807) is 19.1 Å². The Morgan fingerprint density at radius 3 is 2.61 bits per heavy atom. The number of halogens is 1. The van der Waals surface area contributed by atoms with E-state index in [4.69, 9.17) is 17.0 Å². The highest BCUT2D eigenvalue weighted by Gasteiger charge is 2.32. The van der Waals surface area contributed by atoms with E-state index in [-0.39, 0.29) is 35.3 Å². The van der Waals surface area contributed by atoms with E-state index >= 15 is 4.39 Å². The largest absolute Gasteiger partial charge is 0.442 e. The standard InChI is InChI=1S/C26H29FN4O4S/c1-16(36)28-14-20-15-31(26(34)35-20)19-10-11-22(21(27)13-19)30-23-12-17(6-5-9-24(23)32)25(33)29-18-7-3-2-4-8-18/h5-6,9-13,18,20H,2-4,7-8,14-15H2,1H3,(H,28,36)(H,29,33)(H,30,32)/t20-/m0/s1. The predicted octanol–water partition coefficient (Wildman–Crippen LogP) is 4.25. The van der Waals surface area contributed by atoms with Crippen molar-refractivity contribution < 1.29 is 18.7 Å². The van der Waals surface area contributed by atoms with Crippen molar-refractivity contribution in [1.82, 2.24) is 10.6 Å². The Balaban J connectivity index is 1.48. The van der Waals surface area contributed by atoms with Crippen molar-refractivity contribution in [3.63, 3.8) is 0 Å². The number of anilines is 3. The molecule has 0 spiro atoms. The van der Waals surface area contributed by atoms with E-state index in [0.717, 1.165) is 25.7 Å². The summed E-state index contributed by atoms with van der Waals surface area (Å²) in [7, 11) is 0. The summed E-state index contributed by atoms with van der Waals surface area (Å²) in [4.78, 5) is 39.6. The lowest BCUT2D eigenvalue weighted by Gasteiger charge is -2.22. The minimum absolute atomic E-state index is 0.0443. The molecule has 190 valence electrons. The highest BCUT2D eigenvalue weighted by atomic mass is 32.1. The van der Waals surface area contributed by atoms with Gasteiger partial charge in [-0.05, 0) is 56.2 Å². The Morgan fingerprint density at radius 2 is 1.89 bits per heavy atom. The maximum Gasteiger partial charge on any atom is 0.414 e. The topological polar surface area (TPSA) is 99.8 Å². The number of ether oxygens (including phenoxy) is 1. The Labute approximate surface area is 214 Å². The first-order chi connectivity index (χ1) is 17.3. The maximum atomic E-state index is 15.0. The molecule has 1 aliphatic carbocycles. The van der Waals surface area contributed by atoms with Crippen LogP contribution in [-0.2, 0) is 4.74 Å². The van der Waals surface area contributed by atoms with Gasteiger partial charge in [-0.3, -0.25) is 14.5 Å². The SMILES string of the molecule is CC(=S)NC[C@H]1CN(c2ccc(Nc3cc(C(=O)NC4CCCCC4)cccc3=O)c(F)c2)C(=O)O1. The van der Waals surface area contributed by atoms with E-state index in [1.807, 2.05) is 0 Å². The van der Waals surface area contributed by atoms with Gasteiger partial charge in [-0.2, -0.15) is 0 Å². The fraction of sp³-hybridized carbons (Fsp3) is 0.385. The third kappa shape index (κ3) is 6.37. The van der Waals surface area contributed by atoms with Crippen molar-refractivity contribution in [2.24, 2.45) is 0 Å².